The average Bonchev–Trinajstić information content (AvgIpc) is 2.46. The van der Waals surface area contributed by atoms with E-state index in [1.165, 1.54) is 44.8 Å². The van der Waals surface area contributed by atoms with E-state index in [0.717, 1.165) is 11.8 Å². The molecular formula is C10H16O. The molecule has 2 rings (SSSR count). The molecule has 0 aromatic carbocycles. The molecule has 2 aliphatic rings. The summed E-state index contributed by atoms with van der Waals surface area (Å²) in [6.07, 6.45) is 9.20. The Morgan fingerprint density at radius 3 is 2.00 bits per heavy atom. The van der Waals surface area contributed by atoms with Crippen molar-refractivity contribution in [2.75, 3.05) is 0 Å². The Hall–Kier alpha value is -0.330. The fourth-order valence-electron chi connectivity index (χ4n) is 2.89. The number of fused-ring (bicyclic) bond motifs is 1. The predicted molar refractivity (Wildman–Crippen MR) is 44.2 cm³/mol. The molecule has 62 valence electrons. The van der Waals surface area contributed by atoms with Gasteiger partial charge in [0.2, 0.25) is 0 Å². The van der Waals surface area contributed by atoms with Crippen LogP contribution in [0, 0.1) is 17.8 Å². The molecule has 1 nitrogen and oxygen atoms in total. The van der Waals surface area contributed by atoms with Gasteiger partial charge in [0, 0.05) is 5.92 Å². The minimum Gasteiger partial charge on any atom is -0.303 e. The minimum atomic E-state index is 0.420. The van der Waals surface area contributed by atoms with Crippen LogP contribution in [0.1, 0.15) is 38.5 Å². The van der Waals surface area contributed by atoms with Gasteiger partial charge in [-0.3, -0.25) is 0 Å². The van der Waals surface area contributed by atoms with Gasteiger partial charge in [-0.25, -0.2) is 0 Å². The van der Waals surface area contributed by atoms with Crippen LogP contribution in [0.2, 0.25) is 0 Å². The van der Waals surface area contributed by atoms with Gasteiger partial charge in [0.25, 0.3) is 0 Å². The number of carbonyl (C=O) groups excluding carboxylic acids is 1. The molecule has 0 spiro atoms. The van der Waals surface area contributed by atoms with Crippen LogP contribution in [-0.2, 0) is 4.79 Å². The van der Waals surface area contributed by atoms with Crippen molar-refractivity contribution >= 4 is 6.29 Å². The summed E-state index contributed by atoms with van der Waals surface area (Å²) in [6, 6.07) is 0. The number of hydrogen-bond donors (Lipinski definition) is 0. The zero-order valence-corrected chi connectivity index (χ0v) is 6.96. The average molecular weight is 152 g/mol. The van der Waals surface area contributed by atoms with Gasteiger partial charge < -0.3 is 4.79 Å². The lowest BCUT2D eigenvalue weighted by Gasteiger charge is -2.24. The van der Waals surface area contributed by atoms with Gasteiger partial charge in [0.05, 0.1) is 0 Å². The monoisotopic (exact) mass is 152 g/mol. The van der Waals surface area contributed by atoms with E-state index in [2.05, 4.69) is 0 Å². The SMILES string of the molecule is O=CC1C[C@@H]2CCCC[C@H]2C1. The number of hydrogen-bond acceptors (Lipinski definition) is 1. The van der Waals surface area contributed by atoms with Gasteiger partial charge >= 0.3 is 0 Å². The van der Waals surface area contributed by atoms with Crippen molar-refractivity contribution in [3.05, 3.63) is 0 Å². The first kappa shape index (κ1) is 7.33. The third kappa shape index (κ3) is 1.33. The molecule has 0 bridgehead atoms. The number of carbonyl (C=O) groups is 1. The molecule has 11 heavy (non-hydrogen) atoms. The Bertz CT molecular complexity index is 139. The third-order valence-electron chi connectivity index (χ3n) is 3.47. The Balaban J connectivity index is 1.97. The summed E-state index contributed by atoms with van der Waals surface area (Å²) in [6.45, 7) is 0. The van der Waals surface area contributed by atoms with E-state index in [1.807, 2.05) is 0 Å². The molecule has 2 saturated carbocycles. The highest BCUT2D eigenvalue weighted by molar-refractivity contribution is 5.54. The molecule has 0 aromatic rings. The molecule has 0 radical (unpaired) electrons. The fraction of sp³-hybridized carbons (Fsp3) is 0.900. The van der Waals surface area contributed by atoms with Crippen LogP contribution in [0.15, 0.2) is 0 Å². The zero-order chi connectivity index (χ0) is 7.68. The fourth-order valence-corrected chi connectivity index (χ4v) is 2.89. The minimum absolute atomic E-state index is 0.420. The lowest BCUT2D eigenvalue weighted by molar-refractivity contribution is -0.111. The number of rotatable bonds is 1. The molecule has 0 aliphatic heterocycles. The van der Waals surface area contributed by atoms with Crippen LogP contribution in [0.25, 0.3) is 0 Å². The van der Waals surface area contributed by atoms with Crippen LogP contribution in [0.4, 0.5) is 0 Å². The third-order valence-corrected chi connectivity index (χ3v) is 3.47. The first-order valence-electron chi connectivity index (χ1n) is 4.85. The van der Waals surface area contributed by atoms with E-state index in [1.54, 1.807) is 0 Å². The lowest BCUT2D eigenvalue weighted by Crippen LogP contribution is -2.12. The van der Waals surface area contributed by atoms with Crippen LogP contribution >= 0.6 is 0 Å². The van der Waals surface area contributed by atoms with Gasteiger partial charge in [-0.1, -0.05) is 25.7 Å². The van der Waals surface area contributed by atoms with Gasteiger partial charge in [-0.2, -0.15) is 0 Å². The first-order chi connectivity index (χ1) is 5.40. The van der Waals surface area contributed by atoms with Crippen molar-refractivity contribution in [2.45, 2.75) is 38.5 Å². The highest BCUT2D eigenvalue weighted by Gasteiger charge is 2.34. The summed E-state index contributed by atoms with van der Waals surface area (Å²) in [5.41, 5.74) is 0. The number of aldehydes is 1. The van der Waals surface area contributed by atoms with Crippen LogP contribution in [0.3, 0.4) is 0 Å². The van der Waals surface area contributed by atoms with Crippen LogP contribution in [0.5, 0.6) is 0 Å². The summed E-state index contributed by atoms with van der Waals surface area (Å²) >= 11 is 0. The predicted octanol–water partition coefficient (Wildman–Crippen LogP) is 2.40. The van der Waals surface area contributed by atoms with Crippen molar-refractivity contribution in [1.29, 1.82) is 0 Å². The van der Waals surface area contributed by atoms with Crippen LogP contribution < -0.4 is 0 Å². The van der Waals surface area contributed by atoms with Gasteiger partial charge in [0.15, 0.2) is 0 Å². The van der Waals surface area contributed by atoms with E-state index >= 15 is 0 Å². The van der Waals surface area contributed by atoms with E-state index in [4.69, 9.17) is 0 Å². The highest BCUT2D eigenvalue weighted by Crippen LogP contribution is 2.44. The maximum absolute atomic E-state index is 10.6. The topological polar surface area (TPSA) is 17.1 Å². The Kier molecular flexibility index (Phi) is 1.97. The van der Waals surface area contributed by atoms with E-state index in [9.17, 15) is 4.79 Å². The first-order valence-corrected chi connectivity index (χ1v) is 4.85. The molecule has 0 amide bonds. The van der Waals surface area contributed by atoms with Crippen molar-refractivity contribution < 1.29 is 4.79 Å². The van der Waals surface area contributed by atoms with Gasteiger partial charge in [0.1, 0.15) is 6.29 Å². The van der Waals surface area contributed by atoms with E-state index in [0.29, 0.717) is 5.92 Å². The van der Waals surface area contributed by atoms with Crippen molar-refractivity contribution in [2.24, 2.45) is 17.8 Å². The maximum atomic E-state index is 10.6. The molecule has 0 aromatic heterocycles. The molecule has 1 heteroatoms. The lowest BCUT2D eigenvalue weighted by atomic mass is 9.82. The standard InChI is InChI=1S/C10H16O/c11-7-8-5-9-3-1-2-4-10(9)6-8/h7-10H,1-6H2/t9-,10-/m0/s1. The van der Waals surface area contributed by atoms with Gasteiger partial charge in [-0.05, 0) is 24.7 Å². The Morgan fingerprint density at radius 1 is 1.00 bits per heavy atom. The smallest absolute Gasteiger partial charge is 0.123 e. The summed E-state index contributed by atoms with van der Waals surface area (Å²) in [4.78, 5) is 10.6. The quantitative estimate of drug-likeness (QED) is 0.527. The molecule has 0 heterocycles. The summed E-state index contributed by atoms with van der Waals surface area (Å²) in [7, 11) is 0. The van der Waals surface area contributed by atoms with Crippen molar-refractivity contribution in [3.63, 3.8) is 0 Å². The Labute approximate surface area is 68.2 Å². The molecular weight excluding hydrogens is 136 g/mol. The molecule has 0 saturated heterocycles. The second-order valence-electron chi connectivity index (χ2n) is 4.17. The summed E-state index contributed by atoms with van der Waals surface area (Å²) < 4.78 is 0. The largest absolute Gasteiger partial charge is 0.303 e. The zero-order valence-electron chi connectivity index (χ0n) is 6.96. The molecule has 0 N–H and O–H groups in total. The molecule has 2 fully saturated rings. The van der Waals surface area contributed by atoms with Crippen LogP contribution in [-0.4, -0.2) is 6.29 Å². The molecule has 2 aliphatic carbocycles. The summed E-state index contributed by atoms with van der Waals surface area (Å²) in [5.74, 6) is 2.25. The highest BCUT2D eigenvalue weighted by atomic mass is 16.1. The molecule has 0 unspecified atom stereocenters. The van der Waals surface area contributed by atoms with Crippen molar-refractivity contribution in [1.82, 2.24) is 0 Å². The maximum Gasteiger partial charge on any atom is 0.123 e. The second kappa shape index (κ2) is 2.96. The molecule has 2 atom stereocenters. The van der Waals surface area contributed by atoms with E-state index in [-0.39, 0.29) is 0 Å². The second-order valence-corrected chi connectivity index (χ2v) is 4.17. The van der Waals surface area contributed by atoms with Gasteiger partial charge in [-0.15, -0.1) is 0 Å². The normalized spacial score (nSPS) is 38.5. The summed E-state index contributed by atoms with van der Waals surface area (Å²) in [5, 5.41) is 0. The van der Waals surface area contributed by atoms with Crippen molar-refractivity contribution in [3.8, 4) is 0 Å². The Morgan fingerprint density at radius 2 is 1.55 bits per heavy atom. The van der Waals surface area contributed by atoms with E-state index < -0.39 is 0 Å².